The number of carboxylic acids is 1. The van der Waals surface area contributed by atoms with Gasteiger partial charge in [-0.3, -0.25) is 0 Å². The number of nitrogens with one attached hydrogen (secondary N) is 2. The summed E-state index contributed by atoms with van der Waals surface area (Å²) in [6, 6.07) is 2.31. The van der Waals surface area contributed by atoms with Crippen molar-refractivity contribution in [3.63, 3.8) is 0 Å². The second-order valence-electron chi connectivity index (χ2n) is 4.91. The first kappa shape index (κ1) is 17.8. The summed E-state index contributed by atoms with van der Waals surface area (Å²) in [4.78, 5) is 22.2. The number of urea groups is 1. The fourth-order valence-electron chi connectivity index (χ4n) is 1.51. The van der Waals surface area contributed by atoms with Gasteiger partial charge >= 0.3 is 18.2 Å². The number of benzene rings is 1. The summed E-state index contributed by atoms with van der Waals surface area (Å²) in [5, 5.41) is 22.3. The maximum atomic E-state index is 12.7. The molecule has 0 heterocycles. The molecule has 22 heavy (non-hydrogen) atoms. The Hall–Kier alpha value is -2.29. The van der Waals surface area contributed by atoms with Crippen molar-refractivity contribution in [2.45, 2.75) is 25.6 Å². The number of aryl methyl sites for hydroxylation is 1. The van der Waals surface area contributed by atoms with Crippen LogP contribution in [0.25, 0.3) is 0 Å². The molecule has 0 saturated carbocycles. The van der Waals surface area contributed by atoms with Crippen LogP contribution in [0.5, 0.6) is 0 Å². The van der Waals surface area contributed by atoms with E-state index in [4.69, 9.17) is 5.11 Å². The Morgan fingerprint density at radius 1 is 1.27 bits per heavy atom. The zero-order valence-electron chi connectivity index (χ0n) is 11.8. The molecule has 1 atom stereocenters. The number of halogens is 3. The fourth-order valence-corrected chi connectivity index (χ4v) is 1.51. The molecule has 0 aliphatic carbocycles. The van der Waals surface area contributed by atoms with E-state index in [0.29, 0.717) is 0 Å². The number of carboxylic acid groups (broad SMARTS) is 1. The first-order valence-electron chi connectivity index (χ1n) is 6.12. The van der Waals surface area contributed by atoms with Crippen molar-refractivity contribution in [2.24, 2.45) is 0 Å². The van der Waals surface area contributed by atoms with Crippen LogP contribution in [-0.4, -0.2) is 34.4 Å². The Bertz CT molecular complexity index is 585. The van der Waals surface area contributed by atoms with E-state index in [0.717, 1.165) is 13.0 Å². The fraction of sp³-hybridized carbons (Fsp3) is 0.385. The van der Waals surface area contributed by atoms with Crippen molar-refractivity contribution in [1.29, 1.82) is 0 Å². The summed E-state index contributed by atoms with van der Waals surface area (Å²) < 4.78 is 38.2. The van der Waals surface area contributed by atoms with Crippen molar-refractivity contribution in [1.82, 2.24) is 5.32 Å². The Balaban J connectivity index is 2.76. The van der Waals surface area contributed by atoms with E-state index in [1.807, 2.05) is 0 Å². The van der Waals surface area contributed by atoms with Gasteiger partial charge in [0.2, 0.25) is 0 Å². The quantitative estimate of drug-likeness (QED) is 0.681. The summed E-state index contributed by atoms with van der Waals surface area (Å²) in [5.74, 6) is -1.54. The molecule has 9 heteroatoms. The molecule has 0 aliphatic rings. The maximum absolute atomic E-state index is 12.7. The van der Waals surface area contributed by atoms with Crippen LogP contribution in [0.2, 0.25) is 0 Å². The van der Waals surface area contributed by atoms with E-state index in [1.54, 1.807) is 0 Å². The summed E-state index contributed by atoms with van der Waals surface area (Å²) in [7, 11) is 0. The molecule has 2 amide bonds. The van der Waals surface area contributed by atoms with Gasteiger partial charge in [-0.05, 0) is 31.5 Å². The van der Waals surface area contributed by atoms with Crippen molar-refractivity contribution in [3.05, 3.63) is 29.3 Å². The Labute approximate surface area is 123 Å². The first-order chi connectivity index (χ1) is 9.93. The number of hydrogen-bond acceptors (Lipinski definition) is 3. The normalized spacial score (nSPS) is 14.1. The predicted molar refractivity (Wildman–Crippen MR) is 71.5 cm³/mol. The third-order valence-electron chi connectivity index (χ3n) is 2.85. The molecular formula is C13H15F3N2O4. The molecule has 1 aromatic carbocycles. The molecule has 0 bridgehead atoms. The predicted octanol–water partition coefficient (Wildman–Crippen LogP) is 1.97. The van der Waals surface area contributed by atoms with E-state index < -0.39 is 35.9 Å². The lowest BCUT2D eigenvalue weighted by Crippen LogP contribution is -2.47. The zero-order valence-corrected chi connectivity index (χ0v) is 11.8. The van der Waals surface area contributed by atoms with Gasteiger partial charge in [-0.1, -0.05) is 6.07 Å². The van der Waals surface area contributed by atoms with Crippen LogP contribution in [0.3, 0.4) is 0 Å². The number of amides is 2. The van der Waals surface area contributed by atoms with Gasteiger partial charge < -0.3 is 20.8 Å². The molecule has 4 N–H and O–H groups in total. The van der Waals surface area contributed by atoms with Gasteiger partial charge in [0.1, 0.15) is 0 Å². The summed E-state index contributed by atoms with van der Waals surface area (Å²) in [5.41, 5.74) is -3.16. The third kappa shape index (κ3) is 4.62. The van der Waals surface area contributed by atoms with E-state index >= 15 is 0 Å². The summed E-state index contributed by atoms with van der Waals surface area (Å²) in [6.45, 7) is 1.66. The number of alkyl halides is 3. The minimum atomic E-state index is -4.55. The molecular weight excluding hydrogens is 305 g/mol. The molecule has 1 rings (SSSR count). The second kappa shape index (κ2) is 6.22. The molecule has 0 aromatic heterocycles. The van der Waals surface area contributed by atoms with Gasteiger partial charge in [-0.25, -0.2) is 9.59 Å². The first-order valence-corrected chi connectivity index (χ1v) is 6.12. The molecule has 0 fully saturated rings. The number of aliphatic hydroxyl groups is 1. The average molecular weight is 320 g/mol. The summed E-state index contributed by atoms with van der Waals surface area (Å²) >= 11 is 0. The van der Waals surface area contributed by atoms with Crippen molar-refractivity contribution >= 4 is 17.7 Å². The second-order valence-corrected chi connectivity index (χ2v) is 4.91. The minimum Gasteiger partial charge on any atom is -0.479 e. The third-order valence-corrected chi connectivity index (χ3v) is 2.85. The highest BCUT2D eigenvalue weighted by atomic mass is 19.4. The van der Waals surface area contributed by atoms with Crippen molar-refractivity contribution < 1.29 is 33.0 Å². The topological polar surface area (TPSA) is 98.7 Å². The number of rotatable bonds is 4. The monoisotopic (exact) mass is 320 g/mol. The van der Waals surface area contributed by atoms with Gasteiger partial charge in [0.05, 0.1) is 12.1 Å². The van der Waals surface area contributed by atoms with Gasteiger partial charge in [0, 0.05) is 5.69 Å². The van der Waals surface area contributed by atoms with Crippen molar-refractivity contribution in [2.75, 3.05) is 11.9 Å². The molecule has 1 aromatic rings. The van der Waals surface area contributed by atoms with E-state index in [-0.39, 0.29) is 11.3 Å². The number of carbonyl (C=O) groups excluding carboxylic acids is 1. The van der Waals surface area contributed by atoms with Gasteiger partial charge in [-0.2, -0.15) is 13.2 Å². The number of anilines is 1. The highest BCUT2D eigenvalue weighted by molar-refractivity contribution is 5.90. The molecule has 0 radical (unpaired) electrons. The lowest BCUT2D eigenvalue weighted by Gasteiger charge is -2.18. The molecule has 0 spiro atoms. The summed E-state index contributed by atoms with van der Waals surface area (Å²) in [6.07, 6.45) is -4.55. The van der Waals surface area contributed by atoms with Crippen LogP contribution in [0, 0.1) is 6.92 Å². The van der Waals surface area contributed by atoms with Crippen LogP contribution in [0.1, 0.15) is 18.1 Å². The van der Waals surface area contributed by atoms with Crippen LogP contribution in [0.4, 0.5) is 23.7 Å². The molecule has 0 aliphatic heterocycles. The van der Waals surface area contributed by atoms with Gasteiger partial charge in [-0.15, -0.1) is 0 Å². The largest absolute Gasteiger partial charge is 0.479 e. The van der Waals surface area contributed by atoms with E-state index in [1.165, 1.54) is 19.1 Å². The smallest absolute Gasteiger partial charge is 0.416 e. The van der Waals surface area contributed by atoms with Crippen LogP contribution >= 0.6 is 0 Å². The average Bonchev–Trinajstić information content (AvgIpc) is 2.37. The molecule has 0 saturated heterocycles. The van der Waals surface area contributed by atoms with E-state index in [2.05, 4.69) is 10.6 Å². The number of hydrogen-bond donors (Lipinski definition) is 4. The molecule has 1 unspecified atom stereocenters. The lowest BCUT2D eigenvalue weighted by atomic mass is 10.1. The Kier molecular flexibility index (Phi) is 5.02. The minimum absolute atomic E-state index is 0.00673. The Morgan fingerprint density at radius 3 is 2.36 bits per heavy atom. The maximum Gasteiger partial charge on any atom is 0.416 e. The Morgan fingerprint density at radius 2 is 1.86 bits per heavy atom. The standard InChI is InChI=1S/C13H15F3N2O4/c1-7-3-4-8(5-9(7)13(14,15)16)18-11(21)17-6-12(2,22)10(19)20/h3-5,22H,6H2,1-2H3,(H,19,20)(H2,17,18,21). The van der Waals surface area contributed by atoms with Crippen LogP contribution in [-0.2, 0) is 11.0 Å². The van der Waals surface area contributed by atoms with Crippen molar-refractivity contribution in [3.8, 4) is 0 Å². The molecule has 6 nitrogen and oxygen atoms in total. The van der Waals surface area contributed by atoms with Crippen LogP contribution < -0.4 is 10.6 Å². The molecule has 122 valence electrons. The number of aliphatic carboxylic acids is 1. The SMILES string of the molecule is Cc1ccc(NC(=O)NCC(C)(O)C(=O)O)cc1C(F)(F)F. The van der Waals surface area contributed by atoms with Gasteiger partial charge in [0.25, 0.3) is 0 Å². The highest BCUT2D eigenvalue weighted by Gasteiger charge is 2.33. The van der Waals surface area contributed by atoms with Gasteiger partial charge in [0.15, 0.2) is 5.60 Å². The number of carbonyl (C=O) groups is 2. The lowest BCUT2D eigenvalue weighted by molar-refractivity contribution is -0.155. The highest BCUT2D eigenvalue weighted by Crippen LogP contribution is 2.33. The van der Waals surface area contributed by atoms with E-state index in [9.17, 15) is 27.9 Å². The van der Waals surface area contributed by atoms with Crippen LogP contribution in [0.15, 0.2) is 18.2 Å². The zero-order chi connectivity index (χ0) is 17.1.